The molecular weight excluding hydrogens is 396 g/mol. The van der Waals surface area contributed by atoms with Crippen molar-refractivity contribution in [1.82, 2.24) is 25.0 Å². The molecule has 2 aromatic heterocycles. The summed E-state index contributed by atoms with van der Waals surface area (Å²) in [5, 5.41) is 1.88. The minimum Gasteiger partial charge on any atom is -0.383 e. The van der Waals surface area contributed by atoms with E-state index >= 15 is 0 Å². The molecule has 0 aromatic carbocycles. The standard InChI is InChI=1S/C19H23F2N7O2/c1-10-9-29-5-4-28(10)19-25-17(11-6-12-8-27(7-11)30-12)24-18(26-19)14-13(15(20)21)2-3-23-16(14)22/h2-3,10-12,15H,4-9H2,1H3,(H2,22,23)/t10-,11?,12?/m1/s1. The monoisotopic (exact) mass is 419 g/mol. The quantitative estimate of drug-likeness (QED) is 0.794. The molecule has 11 heteroatoms. The zero-order valence-corrected chi connectivity index (χ0v) is 16.5. The van der Waals surface area contributed by atoms with E-state index in [9.17, 15) is 8.78 Å². The molecule has 6 rings (SSSR count). The van der Waals surface area contributed by atoms with Gasteiger partial charge in [-0.2, -0.15) is 15.0 Å². The first kappa shape index (κ1) is 19.5. The van der Waals surface area contributed by atoms with Crippen molar-refractivity contribution >= 4 is 11.8 Å². The molecule has 30 heavy (non-hydrogen) atoms. The zero-order valence-electron chi connectivity index (χ0n) is 16.5. The largest absolute Gasteiger partial charge is 0.383 e. The number of aromatic nitrogens is 4. The molecule has 3 unspecified atom stereocenters. The number of halogens is 2. The number of anilines is 2. The Hall–Kier alpha value is -2.50. The van der Waals surface area contributed by atoms with Gasteiger partial charge in [0.15, 0.2) is 5.82 Å². The molecule has 160 valence electrons. The van der Waals surface area contributed by atoms with Crippen LogP contribution in [-0.2, 0) is 9.57 Å². The second kappa shape index (κ2) is 7.64. The number of nitrogen functional groups attached to an aromatic ring is 1. The van der Waals surface area contributed by atoms with Gasteiger partial charge < -0.3 is 15.4 Å². The summed E-state index contributed by atoms with van der Waals surface area (Å²) in [6.07, 6.45) is -0.525. The Bertz CT molecular complexity index is 931. The Balaban J connectivity index is 1.62. The van der Waals surface area contributed by atoms with E-state index in [2.05, 4.69) is 15.0 Å². The third kappa shape index (κ3) is 3.46. The maximum atomic E-state index is 13.7. The lowest BCUT2D eigenvalue weighted by molar-refractivity contribution is -0.323. The zero-order chi connectivity index (χ0) is 20.8. The van der Waals surface area contributed by atoms with Crippen molar-refractivity contribution in [2.24, 2.45) is 0 Å². The van der Waals surface area contributed by atoms with Gasteiger partial charge in [0.1, 0.15) is 11.6 Å². The Morgan fingerprint density at radius 1 is 1.23 bits per heavy atom. The molecule has 0 saturated carbocycles. The predicted molar refractivity (Wildman–Crippen MR) is 104 cm³/mol. The van der Waals surface area contributed by atoms with Crippen LogP contribution >= 0.6 is 0 Å². The second-order valence-electron chi connectivity index (χ2n) is 7.90. The first-order chi connectivity index (χ1) is 14.5. The summed E-state index contributed by atoms with van der Waals surface area (Å²) in [4.78, 5) is 25.5. The highest BCUT2D eigenvalue weighted by Crippen LogP contribution is 2.37. The fourth-order valence-corrected chi connectivity index (χ4v) is 4.24. The Morgan fingerprint density at radius 3 is 2.77 bits per heavy atom. The predicted octanol–water partition coefficient (Wildman–Crippen LogP) is 1.78. The molecule has 4 aliphatic rings. The van der Waals surface area contributed by atoms with E-state index in [1.807, 2.05) is 16.9 Å². The van der Waals surface area contributed by atoms with Crippen molar-refractivity contribution in [1.29, 1.82) is 0 Å². The molecule has 0 aliphatic carbocycles. The Labute approximate surface area is 172 Å². The summed E-state index contributed by atoms with van der Waals surface area (Å²) in [5.74, 6) is 1.15. The van der Waals surface area contributed by atoms with Crippen LogP contribution in [0, 0.1) is 0 Å². The lowest BCUT2D eigenvalue weighted by Gasteiger charge is -2.46. The number of piperidine rings is 1. The van der Waals surface area contributed by atoms with Crippen LogP contribution < -0.4 is 10.6 Å². The number of fused-ring (bicyclic) bond motifs is 2. The molecule has 4 atom stereocenters. The van der Waals surface area contributed by atoms with E-state index < -0.39 is 6.43 Å². The number of hydrogen-bond acceptors (Lipinski definition) is 9. The lowest BCUT2D eigenvalue weighted by Crippen LogP contribution is -2.55. The third-order valence-electron chi connectivity index (χ3n) is 5.78. The van der Waals surface area contributed by atoms with Crippen LogP contribution in [0.25, 0.3) is 11.4 Å². The fraction of sp³-hybridized carbons (Fsp3) is 0.579. The highest BCUT2D eigenvalue weighted by atomic mass is 19.3. The SMILES string of the molecule is C[C@@H]1COCCN1c1nc(-c2c(C(F)F)ccnc2N)nc(C2CC3CN(C2)O3)n1. The molecule has 0 spiro atoms. The van der Waals surface area contributed by atoms with Gasteiger partial charge in [0.25, 0.3) is 6.43 Å². The number of hydroxylamine groups is 2. The maximum absolute atomic E-state index is 13.7. The lowest BCUT2D eigenvalue weighted by atomic mass is 9.94. The maximum Gasteiger partial charge on any atom is 0.264 e. The van der Waals surface area contributed by atoms with Crippen molar-refractivity contribution < 1.29 is 18.4 Å². The van der Waals surface area contributed by atoms with E-state index in [0.29, 0.717) is 38.1 Å². The molecule has 4 fully saturated rings. The summed E-state index contributed by atoms with van der Waals surface area (Å²) in [5.41, 5.74) is 5.83. The number of ether oxygens (including phenoxy) is 1. The smallest absolute Gasteiger partial charge is 0.264 e. The normalized spacial score (nSPS) is 28.5. The van der Waals surface area contributed by atoms with Gasteiger partial charge in [0.05, 0.1) is 37.5 Å². The van der Waals surface area contributed by atoms with E-state index in [0.717, 1.165) is 13.0 Å². The van der Waals surface area contributed by atoms with Crippen LogP contribution in [0.4, 0.5) is 20.5 Å². The van der Waals surface area contributed by atoms with Crippen LogP contribution in [0.1, 0.15) is 37.1 Å². The van der Waals surface area contributed by atoms with Gasteiger partial charge in [-0.05, 0) is 19.4 Å². The molecule has 0 amide bonds. The van der Waals surface area contributed by atoms with Crippen LogP contribution in [0.15, 0.2) is 12.3 Å². The topological polar surface area (TPSA) is 103 Å². The number of hydrogen-bond donors (Lipinski definition) is 1. The number of rotatable bonds is 4. The number of morpholine rings is 1. The second-order valence-corrected chi connectivity index (χ2v) is 7.90. The Kier molecular flexibility index (Phi) is 4.95. The Morgan fingerprint density at radius 2 is 2.07 bits per heavy atom. The summed E-state index contributed by atoms with van der Waals surface area (Å²) in [6, 6.07) is 1.31. The minimum atomic E-state index is -2.72. The van der Waals surface area contributed by atoms with E-state index in [1.54, 1.807) is 0 Å². The molecule has 6 heterocycles. The summed E-state index contributed by atoms with van der Waals surface area (Å²) < 4.78 is 33.0. The third-order valence-corrected chi connectivity index (χ3v) is 5.78. The van der Waals surface area contributed by atoms with E-state index in [4.69, 9.17) is 20.3 Å². The van der Waals surface area contributed by atoms with Gasteiger partial charge in [0, 0.05) is 30.8 Å². The van der Waals surface area contributed by atoms with Crippen LogP contribution in [0.2, 0.25) is 0 Å². The average molecular weight is 419 g/mol. The fourth-order valence-electron chi connectivity index (χ4n) is 4.24. The number of alkyl halides is 2. The number of pyridine rings is 1. The molecule has 4 saturated heterocycles. The van der Waals surface area contributed by atoms with Crippen molar-refractivity contribution in [3.8, 4) is 11.4 Å². The van der Waals surface area contributed by atoms with E-state index in [-0.39, 0.29) is 40.8 Å². The highest BCUT2D eigenvalue weighted by Gasteiger charge is 2.40. The van der Waals surface area contributed by atoms with Crippen LogP contribution in [-0.4, -0.2) is 70.0 Å². The minimum absolute atomic E-state index is 0.0236. The molecule has 4 aliphatic heterocycles. The number of nitrogens with two attached hydrogens (primary N) is 1. The van der Waals surface area contributed by atoms with E-state index in [1.165, 1.54) is 12.3 Å². The van der Waals surface area contributed by atoms with Crippen molar-refractivity contribution in [3.63, 3.8) is 0 Å². The highest BCUT2D eigenvalue weighted by molar-refractivity contribution is 5.72. The number of nitrogens with zero attached hydrogens (tertiary/aromatic N) is 6. The first-order valence-electron chi connectivity index (χ1n) is 10.0. The van der Waals surface area contributed by atoms with Crippen molar-refractivity contribution in [3.05, 3.63) is 23.7 Å². The van der Waals surface area contributed by atoms with Gasteiger partial charge in [-0.3, -0.25) is 4.84 Å². The van der Waals surface area contributed by atoms with Gasteiger partial charge in [-0.25, -0.2) is 18.7 Å². The molecule has 2 aromatic rings. The average Bonchev–Trinajstić information content (AvgIpc) is 2.73. The summed E-state index contributed by atoms with van der Waals surface area (Å²) in [7, 11) is 0. The van der Waals surface area contributed by atoms with Crippen LogP contribution in [0.5, 0.6) is 0 Å². The van der Waals surface area contributed by atoms with Gasteiger partial charge in [-0.15, -0.1) is 0 Å². The molecular formula is C19H23F2N7O2. The summed E-state index contributed by atoms with van der Waals surface area (Å²) in [6.45, 7) is 5.26. The molecule has 2 bridgehead atoms. The van der Waals surface area contributed by atoms with Gasteiger partial charge in [-0.1, -0.05) is 0 Å². The van der Waals surface area contributed by atoms with Crippen LogP contribution in [0.3, 0.4) is 0 Å². The van der Waals surface area contributed by atoms with Gasteiger partial charge in [0.2, 0.25) is 5.95 Å². The molecule has 0 radical (unpaired) electrons. The van der Waals surface area contributed by atoms with Gasteiger partial charge >= 0.3 is 0 Å². The first-order valence-corrected chi connectivity index (χ1v) is 10.0. The summed E-state index contributed by atoms with van der Waals surface area (Å²) >= 11 is 0. The molecule has 2 N–H and O–H groups in total. The van der Waals surface area contributed by atoms with Crippen molar-refractivity contribution in [2.75, 3.05) is 43.5 Å². The van der Waals surface area contributed by atoms with Crippen molar-refractivity contribution in [2.45, 2.75) is 37.8 Å². The molecule has 9 nitrogen and oxygen atoms in total.